The minimum Gasteiger partial charge on any atom is -0.465 e. The van der Waals surface area contributed by atoms with Crippen LogP contribution in [0.15, 0.2) is 25.3 Å². The normalized spacial score (nSPS) is 30.0. The summed E-state index contributed by atoms with van der Waals surface area (Å²) < 4.78 is 17.7. The van der Waals surface area contributed by atoms with Gasteiger partial charge in [-0.05, 0) is 44.4 Å². The summed E-state index contributed by atoms with van der Waals surface area (Å²) in [5, 5.41) is 10.5. The summed E-state index contributed by atoms with van der Waals surface area (Å²) in [4.78, 5) is 47.8. The maximum Gasteiger partial charge on any atom is 0.312 e. The number of ether oxygens (including phenoxy) is 3. The molecule has 4 heterocycles. The molecule has 4 aliphatic rings. The Morgan fingerprint density at radius 3 is 2.63 bits per heavy atom. The molecule has 0 radical (unpaired) electrons. The predicted octanol–water partition coefficient (Wildman–Crippen LogP) is 2.01. The zero-order chi connectivity index (χ0) is 29.6. The maximum absolute atomic E-state index is 14.5. The van der Waals surface area contributed by atoms with E-state index in [-0.39, 0.29) is 30.9 Å². The summed E-state index contributed by atoms with van der Waals surface area (Å²) >= 11 is 0. The van der Waals surface area contributed by atoms with Gasteiger partial charge in [-0.25, -0.2) is 0 Å². The number of likely N-dealkylation sites (tertiary alicyclic amines) is 1. The van der Waals surface area contributed by atoms with Crippen LogP contribution in [0.4, 0.5) is 0 Å². The number of rotatable bonds is 16. The maximum atomic E-state index is 14.5. The number of hydrogen-bond donors (Lipinski definition) is 1. The van der Waals surface area contributed by atoms with Gasteiger partial charge in [-0.1, -0.05) is 26.0 Å². The van der Waals surface area contributed by atoms with Crippen LogP contribution in [0, 0.1) is 17.8 Å². The minimum absolute atomic E-state index is 0.188. The topological polar surface area (TPSA) is 109 Å². The molecular formula is C31H49N3O7. The number of unbranched alkanes of at least 4 members (excludes halogenated alkanes) is 2. The molecule has 4 saturated heterocycles. The molecule has 0 aromatic rings. The van der Waals surface area contributed by atoms with Gasteiger partial charge in [0.1, 0.15) is 11.6 Å². The van der Waals surface area contributed by atoms with E-state index in [1.165, 1.54) is 0 Å². The first-order valence-electron chi connectivity index (χ1n) is 15.4. The quantitative estimate of drug-likeness (QED) is 0.169. The van der Waals surface area contributed by atoms with Crippen LogP contribution in [0.5, 0.6) is 0 Å². The Bertz CT molecular complexity index is 952. The van der Waals surface area contributed by atoms with E-state index in [1.54, 1.807) is 15.9 Å². The number of aliphatic hydroxyl groups is 1. The SMILES string of the molecule is C=CCCCCOC(=O)[C@@H]1[C@@H]2CCC3(O2)C(C(=O)N(CC=C)CCN2CCOCC2)N([C@@H](CO)CC(C)C)C(=O)[C@H]13. The number of esters is 1. The van der Waals surface area contributed by atoms with Crippen molar-refractivity contribution in [1.29, 1.82) is 0 Å². The van der Waals surface area contributed by atoms with Crippen LogP contribution < -0.4 is 0 Å². The molecule has 41 heavy (non-hydrogen) atoms. The number of amides is 2. The van der Waals surface area contributed by atoms with Gasteiger partial charge in [-0.2, -0.15) is 0 Å². The summed E-state index contributed by atoms with van der Waals surface area (Å²) in [6.45, 7) is 16.1. The molecule has 2 unspecified atom stereocenters. The van der Waals surface area contributed by atoms with Gasteiger partial charge >= 0.3 is 5.97 Å². The fraction of sp³-hybridized carbons (Fsp3) is 0.774. The number of fused-ring (bicyclic) bond motifs is 1. The lowest BCUT2D eigenvalue weighted by Gasteiger charge is -2.40. The average molecular weight is 576 g/mol. The van der Waals surface area contributed by atoms with Crippen LogP contribution >= 0.6 is 0 Å². The van der Waals surface area contributed by atoms with E-state index < -0.39 is 41.6 Å². The zero-order valence-electron chi connectivity index (χ0n) is 24.9. The van der Waals surface area contributed by atoms with Gasteiger partial charge in [0.05, 0.1) is 50.4 Å². The third kappa shape index (κ3) is 6.55. The summed E-state index contributed by atoms with van der Waals surface area (Å²) in [6.07, 6.45) is 7.14. The number of carbonyl (C=O) groups excluding carboxylic acids is 3. The van der Waals surface area contributed by atoms with Crippen LogP contribution in [0.25, 0.3) is 0 Å². The summed E-state index contributed by atoms with van der Waals surface area (Å²) in [6, 6.07) is -1.48. The molecule has 0 aromatic carbocycles. The molecule has 0 aliphatic carbocycles. The average Bonchev–Trinajstić information content (AvgIpc) is 3.61. The predicted molar refractivity (Wildman–Crippen MR) is 154 cm³/mol. The van der Waals surface area contributed by atoms with Gasteiger partial charge in [0.25, 0.3) is 0 Å². The Balaban J connectivity index is 1.61. The fourth-order valence-corrected chi connectivity index (χ4v) is 7.22. The first kappa shape index (κ1) is 31.7. The largest absolute Gasteiger partial charge is 0.465 e. The second-order valence-electron chi connectivity index (χ2n) is 12.2. The number of hydrogen-bond acceptors (Lipinski definition) is 8. The van der Waals surface area contributed by atoms with Crippen molar-refractivity contribution in [1.82, 2.24) is 14.7 Å². The third-order valence-corrected chi connectivity index (χ3v) is 9.09. The lowest BCUT2D eigenvalue weighted by Crippen LogP contribution is -2.59. The Morgan fingerprint density at radius 1 is 1.22 bits per heavy atom. The van der Waals surface area contributed by atoms with Crippen LogP contribution in [-0.4, -0.2) is 121 Å². The minimum atomic E-state index is -1.12. The van der Waals surface area contributed by atoms with Crippen molar-refractivity contribution in [2.75, 3.05) is 59.2 Å². The molecule has 6 atom stereocenters. The molecular weight excluding hydrogens is 526 g/mol. The van der Waals surface area contributed by atoms with Crippen LogP contribution in [0.1, 0.15) is 52.4 Å². The van der Waals surface area contributed by atoms with Crippen molar-refractivity contribution < 1.29 is 33.7 Å². The molecule has 4 fully saturated rings. The highest BCUT2D eigenvalue weighted by Gasteiger charge is 2.75. The molecule has 1 N–H and O–H groups in total. The molecule has 10 nitrogen and oxygen atoms in total. The number of aliphatic hydroxyl groups excluding tert-OH is 1. The fourth-order valence-electron chi connectivity index (χ4n) is 7.22. The van der Waals surface area contributed by atoms with Crippen molar-refractivity contribution in [3.8, 4) is 0 Å². The first-order valence-corrected chi connectivity index (χ1v) is 15.4. The second-order valence-corrected chi connectivity index (χ2v) is 12.2. The summed E-state index contributed by atoms with van der Waals surface area (Å²) in [7, 11) is 0. The van der Waals surface area contributed by atoms with E-state index in [0.29, 0.717) is 58.5 Å². The van der Waals surface area contributed by atoms with Gasteiger partial charge in [-0.3, -0.25) is 19.3 Å². The van der Waals surface area contributed by atoms with Crippen molar-refractivity contribution in [2.45, 2.75) is 76.2 Å². The van der Waals surface area contributed by atoms with E-state index in [1.807, 2.05) is 19.9 Å². The number of allylic oxidation sites excluding steroid dienone is 1. The first-order chi connectivity index (χ1) is 19.8. The molecule has 4 aliphatic heterocycles. The highest BCUT2D eigenvalue weighted by atomic mass is 16.6. The molecule has 230 valence electrons. The van der Waals surface area contributed by atoms with Gasteiger partial charge in [0.2, 0.25) is 11.8 Å². The Labute approximate surface area is 244 Å². The smallest absolute Gasteiger partial charge is 0.312 e. The van der Waals surface area contributed by atoms with Crippen LogP contribution in [0.2, 0.25) is 0 Å². The highest BCUT2D eigenvalue weighted by molar-refractivity contribution is 5.98. The summed E-state index contributed by atoms with van der Waals surface area (Å²) in [5.74, 6) is -2.30. The van der Waals surface area contributed by atoms with E-state index in [9.17, 15) is 19.5 Å². The number of nitrogens with zero attached hydrogens (tertiary/aromatic N) is 3. The monoisotopic (exact) mass is 575 g/mol. The van der Waals surface area contributed by atoms with Gasteiger partial charge in [0, 0.05) is 32.7 Å². The van der Waals surface area contributed by atoms with Gasteiger partial charge in [-0.15, -0.1) is 13.2 Å². The lowest BCUT2D eigenvalue weighted by molar-refractivity contribution is -0.157. The van der Waals surface area contributed by atoms with E-state index >= 15 is 0 Å². The van der Waals surface area contributed by atoms with Crippen molar-refractivity contribution in [3.05, 3.63) is 25.3 Å². The van der Waals surface area contributed by atoms with E-state index in [2.05, 4.69) is 18.1 Å². The summed E-state index contributed by atoms with van der Waals surface area (Å²) in [5.41, 5.74) is -1.12. The highest BCUT2D eigenvalue weighted by Crippen LogP contribution is 2.59. The molecule has 4 rings (SSSR count). The molecule has 2 bridgehead atoms. The standard InChI is InChI=1S/C31H49N3O7/c1-5-7-8-9-17-40-30(38)25-24-10-11-31(41-24)26(25)28(36)34(23(21-35)20-22(3)4)27(31)29(37)33(12-6-2)14-13-32-15-18-39-19-16-32/h5-6,22-27,35H,1-2,7-21H2,3-4H3/t23-,24+,25-,26+,27?,31?/m1/s1. The van der Waals surface area contributed by atoms with E-state index in [0.717, 1.165) is 25.9 Å². The van der Waals surface area contributed by atoms with Crippen molar-refractivity contribution in [3.63, 3.8) is 0 Å². The second kappa shape index (κ2) is 14.3. The van der Waals surface area contributed by atoms with Crippen LogP contribution in [-0.2, 0) is 28.6 Å². The number of morpholine rings is 1. The molecule has 2 amide bonds. The third-order valence-electron chi connectivity index (χ3n) is 9.09. The Hall–Kier alpha value is -2.27. The van der Waals surface area contributed by atoms with Crippen LogP contribution in [0.3, 0.4) is 0 Å². The van der Waals surface area contributed by atoms with Crippen molar-refractivity contribution >= 4 is 17.8 Å². The zero-order valence-corrected chi connectivity index (χ0v) is 24.9. The Morgan fingerprint density at radius 2 is 1.98 bits per heavy atom. The number of carbonyl (C=O) groups is 3. The molecule has 10 heteroatoms. The van der Waals surface area contributed by atoms with E-state index in [4.69, 9.17) is 14.2 Å². The van der Waals surface area contributed by atoms with Gasteiger partial charge < -0.3 is 29.1 Å². The Kier molecular flexibility index (Phi) is 11.0. The van der Waals surface area contributed by atoms with Gasteiger partial charge in [0.15, 0.2) is 0 Å². The van der Waals surface area contributed by atoms with Crippen molar-refractivity contribution in [2.24, 2.45) is 17.8 Å². The lowest BCUT2D eigenvalue weighted by atomic mass is 9.70. The molecule has 0 saturated carbocycles. The molecule has 1 spiro atoms. The molecule has 0 aromatic heterocycles.